The van der Waals surface area contributed by atoms with Crippen LogP contribution in [0.1, 0.15) is 55.4 Å². The van der Waals surface area contributed by atoms with E-state index >= 15 is 0 Å². The molecule has 0 spiro atoms. The van der Waals surface area contributed by atoms with E-state index in [2.05, 4.69) is 27.4 Å². The van der Waals surface area contributed by atoms with E-state index in [0.29, 0.717) is 0 Å². The number of Topliss-reactive ketones (excluding diaryl/α,β-unsaturated/α-hetero) is 1. The number of rotatable bonds is 11. The van der Waals surface area contributed by atoms with Crippen molar-refractivity contribution >= 4 is 26.0 Å². The lowest BCUT2D eigenvalue weighted by Gasteiger charge is -2.37. The Kier molecular flexibility index (Phi) is 9.48. The largest absolute Gasteiger partial charge is 0.463 e. The van der Waals surface area contributed by atoms with Gasteiger partial charge in [-0.15, -0.1) is 0 Å². The van der Waals surface area contributed by atoms with E-state index < -0.39 is 43.7 Å². The predicted octanol–water partition coefficient (Wildman–Crippen LogP) is 4.54. The Morgan fingerprint density at radius 2 is 1.70 bits per heavy atom. The Balaban J connectivity index is 3.36. The van der Waals surface area contributed by atoms with Gasteiger partial charge in [0.2, 0.25) is 0 Å². The van der Waals surface area contributed by atoms with Crippen LogP contribution >= 0.6 is 0 Å². The fourth-order valence-electron chi connectivity index (χ4n) is 3.85. The molecule has 1 fully saturated rings. The molecule has 1 aliphatic heterocycles. The summed E-state index contributed by atoms with van der Waals surface area (Å²) in [5, 5.41) is 0. The maximum absolute atomic E-state index is 12.9. The number of hydrogen-bond acceptors (Lipinski definition) is 6. The molecule has 0 saturated carbocycles. The third-order valence-corrected chi connectivity index (χ3v) is 10.8. The van der Waals surface area contributed by atoms with E-state index in [9.17, 15) is 14.4 Å². The third-order valence-electron chi connectivity index (χ3n) is 6.13. The molecule has 0 N–H and O–H groups in total. The van der Waals surface area contributed by atoms with E-state index in [4.69, 9.17) is 13.9 Å². The fourth-order valence-corrected chi connectivity index (χ4v) is 6.72. The molecule has 0 bridgehead atoms. The summed E-state index contributed by atoms with van der Waals surface area (Å²) in [7, 11) is -2.13. The zero-order chi connectivity index (χ0) is 23.3. The van der Waals surface area contributed by atoms with Crippen molar-refractivity contribution in [1.29, 1.82) is 0 Å². The summed E-state index contributed by atoms with van der Waals surface area (Å²) in [6.45, 7) is 19.0. The first-order valence-electron chi connectivity index (χ1n) is 11.1. The summed E-state index contributed by atoms with van der Waals surface area (Å²) in [6, 6.07) is 2.69. The van der Waals surface area contributed by atoms with Crippen molar-refractivity contribution in [3.63, 3.8) is 0 Å². The third kappa shape index (κ3) is 6.03. The topological polar surface area (TPSA) is 78.9 Å². The van der Waals surface area contributed by atoms with Gasteiger partial charge in [0.25, 0.3) is 0 Å². The van der Waals surface area contributed by atoms with Gasteiger partial charge in [-0.3, -0.25) is 14.4 Å². The molecular formula is C23H40O6Si. The van der Waals surface area contributed by atoms with Gasteiger partial charge in [-0.25, -0.2) is 0 Å². The number of esters is 2. The average Bonchev–Trinajstić information content (AvgIpc) is 3.03. The number of ether oxygens (including phenoxy) is 2. The highest BCUT2D eigenvalue weighted by atomic mass is 28.4. The molecule has 0 radical (unpaired) electrons. The van der Waals surface area contributed by atoms with Crippen LogP contribution in [0.15, 0.2) is 12.7 Å². The molecule has 0 aromatic rings. The Bertz CT molecular complexity index is 624. The molecule has 7 heteroatoms. The average molecular weight is 441 g/mol. The Morgan fingerprint density at radius 3 is 2.10 bits per heavy atom. The van der Waals surface area contributed by atoms with Gasteiger partial charge in [0.1, 0.15) is 24.4 Å². The summed E-state index contributed by atoms with van der Waals surface area (Å²) in [6.07, 6.45) is 0.288. The second kappa shape index (κ2) is 10.7. The molecule has 4 atom stereocenters. The van der Waals surface area contributed by atoms with Gasteiger partial charge in [-0.05, 0) is 38.9 Å². The van der Waals surface area contributed by atoms with Crippen molar-refractivity contribution in [2.45, 2.75) is 85.7 Å². The van der Waals surface area contributed by atoms with Gasteiger partial charge in [0, 0.05) is 11.8 Å². The van der Waals surface area contributed by atoms with Crippen molar-refractivity contribution in [2.24, 2.45) is 23.2 Å². The maximum atomic E-state index is 12.9. The molecule has 30 heavy (non-hydrogen) atoms. The van der Waals surface area contributed by atoms with Crippen LogP contribution in [0.2, 0.25) is 18.1 Å². The van der Waals surface area contributed by atoms with E-state index in [0.717, 1.165) is 18.1 Å². The molecule has 6 nitrogen and oxygen atoms in total. The van der Waals surface area contributed by atoms with Crippen molar-refractivity contribution < 1.29 is 28.3 Å². The molecule has 172 valence electrons. The second-order valence-corrected chi connectivity index (χ2v) is 14.2. The minimum atomic E-state index is -2.13. The van der Waals surface area contributed by atoms with Gasteiger partial charge < -0.3 is 13.9 Å². The highest BCUT2D eigenvalue weighted by Gasteiger charge is 2.53. The van der Waals surface area contributed by atoms with Gasteiger partial charge >= 0.3 is 11.9 Å². The van der Waals surface area contributed by atoms with E-state index in [-0.39, 0.29) is 24.3 Å². The summed E-state index contributed by atoms with van der Waals surface area (Å²) in [5.74, 6) is -2.90. The van der Waals surface area contributed by atoms with E-state index in [1.807, 2.05) is 0 Å². The normalized spacial score (nSPS) is 23.2. The molecule has 1 aliphatic rings. The monoisotopic (exact) mass is 440 g/mol. The van der Waals surface area contributed by atoms with Crippen LogP contribution in [0.5, 0.6) is 0 Å². The maximum Gasteiger partial charge on any atom is 0.317 e. The van der Waals surface area contributed by atoms with Crippen LogP contribution < -0.4 is 0 Å². The molecule has 0 amide bonds. The summed E-state index contributed by atoms with van der Waals surface area (Å²) < 4.78 is 17.8. The highest BCUT2D eigenvalue weighted by Crippen LogP contribution is 2.38. The van der Waals surface area contributed by atoms with Crippen molar-refractivity contribution in [3.05, 3.63) is 12.7 Å². The molecule has 0 aliphatic carbocycles. The summed E-state index contributed by atoms with van der Waals surface area (Å²) in [4.78, 5) is 38.0. The van der Waals surface area contributed by atoms with Crippen LogP contribution in [0.25, 0.3) is 0 Å². The van der Waals surface area contributed by atoms with Crippen molar-refractivity contribution in [1.82, 2.24) is 0 Å². The zero-order valence-corrected chi connectivity index (χ0v) is 20.9. The lowest BCUT2D eigenvalue weighted by atomic mass is 9.80. The van der Waals surface area contributed by atoms with Crippen LogP contribution in [-0.2, 0) is 28.3 Å². The SMILES string of the molecule is C=C[C@H]1OC(=O)[C@@H](C(=O)C(C)C)[C@@H]1[C@H](COC(=O)C(C)(C)C)O[Si](CC)(CC)CC. The molecule has 1 rings (SSSR count). The molecule has 1 saturated heterocycles. The van der Waals surface area contributed by atoms with Crippen LogP contribution in [0.4, 0.5) is 0 Å². The first kappa shape index (κ1) is 26.6. The first-order valence-corrected chi connectivity index (χ1v) is 13.6. The lowest BCUT2D eigenvalue weighted by molar-refractivity contribution is -0.157. The molecule has 0 aromatic heterocycles. The van der Waals surface area contributed by atoms with Crippen molar-refractivity contribution in [2.75, 3.05) is 6.61 Å². The van der Waals surface area contributed by atoms with Gasteiger partial charge in [-0.1, -0.05) is 47.3 Å². The van der Waals surface area contributed by atoms with Gasteiger partial charge in [0.05, 0.1) is 11.5 Å². The van der Waals surface area contributed by atoms with Crippen LogP contribution in [-0.4, -0.2) is 44.9 Å². The second-order valence-electron chi connectivity index (χ2n) is 9.50. The highest BCUT2D eigenvalue weighted by molar-refractivity contribution is 6.73. The zero-order valence-electron chi connectivity index (χ0n) is 19.9. The number of hydrogen-bond donors (Lipinski definition) is 0. The molecular weight excluding hydrogens is 400 g/mol. The van der Waals surface area contributed by atoms with E-state index in [1.54, 1.807) is 40.7 Å². The molecule has 0 unspecified atom stereocenters. The predicted molar refractivity (Wildman–Crippen MR) is 119 cm³/mol. The molecule has 1 heterocycles. The van der Waals surface area contributed by atoms with Crippen LogP contribution in [0, 0.1) is 23.2 Å². The summed E-state index contributed by atoms with van der Waals surface area (Å²) in [5.41, 5.74) is -0.660. The lowest BCUT2D eigenvalue weighted by Crippen LogP contribution is -2.49. The Morgan fingerprint density at radius 1 is 1.17 bits per heavy atom. The minimum Gasteiger partial charge on any atom is -0.463 e. The van der Waals surface area contributed by atoms with Crippen molar-refractivity contribution in [3.8, 4) is 0 Å². The van der Waals surface area contributed by atoms with E-state index in [1.165, 1.54) is 0 Å². The fraction of sp³-hybridized carbons (Fsp3) is 0.783. The number of cyclic esters (lactones) is 1. The number of ketones is 1. The standard InChI is InChI=1S/C23H40O6Si/c1-10-16-18(19(21(25)28-16)20(24)15(5)6)17(14-27-22(26)23(7,8)9)29-30(11-2,12-3)13-4/h10,15-19H,1,11-14H2,2-9H3/t16-,17+,18+,19-/m1/s1. The Hall–Kier alpha value is -1.47. The summed E-state index contributed by atoms with van der Waals surface area (Å²) >= 11 is 0. The quantitative estimate of drug-likeness (QED) is 0.203. The van der Waals surface area contributed by atoms with Gasteiger partial charge in [0.15, 0.2) is 8.32 Å². The van der Waals surface area contributed by atoms with Gasteiger partial charge in [-0.2, -0.15) is 0 Å². The minimum absolute atomic E-state index is 0.0155. The number of carbonyl (C=O) groups is 3. The smallest absolute Gasteiger partial charge is 0.317 e. The van der Waals surface area contributed by atoms with Crippen LogP contribution in [0.3, 0.4) is 0 Å². The Labute approximate surface area is 182 Å². The number of carbonyl (C=O) groups excluding carboxylic acids is 3. The molecule has 0 aromatic carbocycles. The first-order chi connectivity index (χ1) is 13.9.